The maximum Gasteiger partial charge on any atom is 0.244 e. The van der Waals surface area contributed by atoms with Crippen molar-refractivity contribution in [1.29, 1.82) is 0 Å². The topological polar surface area (TPSA) is 32.3 Å². The number of carbonyl (C=O) groups is 1. The van der Waals surface area contributed by atoms with Gasteiger partial charge in [0.15, 0.2) is 0 Å². The Hall–Kier alpha value is -1.84. The Morgan fingerprint density at radius 1 is 1.00 bits per heavy atom. The van der Waals surface area contributed by atoms with Gasteiger partial charge in [-0.3, -0.25) is 4.79 Å². The molecule has 4 heteroatoms. The summed E-state index contributed by atoms with van der Waals surface area (Å²) in [6, 6.07) is 20.2. The fraction of sp³-hybridized carbons (Fsp3) is 0.278. The number of hydrogen-bond acceptors (Lipinski definition) is 2. The second-order valence-electron chi connectivity index (χ2n) is 5.36. The SMILES string of the molecule is Cl.O=C1C(NCCc2ccccc2)CCN1c1ccccc1. The molecular formula is C18H21ClN2O. The molecule has 0 radical (unpaired) electrons. The van der Waals surface area contributed by atoms with Crippen LogP contribution < -0.4 is 10.2 Å². The van der Waals surface area contributed by atoms with Crippen LogP contribution in [0.4, 0.5) is 5.69 Å². The van der Waals surface area contributed by atoms with Gasteiger partial charge < -0.3 is 10.2 Å². The second-order valence-corrected chi connectivity index (χ2v) is 5.36. The fourth-order valence-electron chi connectivity index (χ4n) is 2.77. The van der Waals surface area contributed by atoms with Crippen LogP contribution in [0.25, 0.3) is 0 Å². The van der Waals surface area contributed by atoms with Gasteiger partial charge in [0.1, 0.15) is 0 Å². The van der Waals surface area contributed by atoms with Crippen molar-refractivity contribution in [3.8, 4) is 0 Å². The zero-order valence-corrected chi connectivity index (χ0v) is 13.3. The normalized spacial score (nSPS) is 17.4. The molecule has 116 valence electrons. The monoisotopic (exact) mass is 316 g/mol. The summed E-state index contributed by atoms with van der Waals surface area (Å²) in [6.07, 6.45) is 1.83. The second kappa shape index (κ2) is 7.97. The summed E-state index contributed by atoms with van der Waals surface area (Å²) in [5, 5.41) is 3.39. The molecule has 2 aromatic rings. The minimum Gasteiger partial charge on any atom is -0.311 e. The molecule has 0 aromatic heterocycles. The van der Waals surface area contributed by atoms with E-state index >= 15 is 0 Å². The lowest BCUT2D eigenvalue weighted by Crippen LogP contribution is -2.39. The first-order chi connectivity index (χ1) is 10.3. The van der Waals surface area contributed by atoms with Gasteiger partial charge in [0, 0.05) is 12.2 Å². The van der Waals surface area contributed by atoms with Crippen molar-refractivity contribution in [2.45, 2.75) is 18.9 Å². The lowest BCUT2D eigenvalue weighted by Gasteiger charge is -2.17. The largest absolute Gasteiger partial charge is 0.311 e. The van der Waals surface area contributed by atoms with Crippen molar-refractivity contribution in [3.05, 3.63) is 66.2 Å². The third-order valence-electron chi connectivity index (χ3n) is 3.92. The van der Waals surface area contributed by atoms with E-state index in [2.05, 4.69) is 17.4 Å². The van der Waals surface area contributed by atoms with E-state index in [-0.39, 0.29) is 24.4 Å². The summed E-state index contributed by atoms with van der Waals surface area (Å²) in [5.41, 5.74) is 2.30. The molecule has 1 fully saturated rings. The van der Waals surface area contributed by atoms with Gasteiger partial charge >= 0.3 is 0 Å². The van der Waals surface area contributed by atoms with E-state index in [1.807, 2.05) is 53.4 Å². The predicted octanol–water partition coefficient (Wildman–Crippen LogP) is 3.05. The highest BCUT2D eigenvalue weighted by atomic mass is 35.5. The third kappa shape index (κ3) is 3.87. The van der Waals surface area contributed by atoms with E-state index in [1.54, 1.807) is 0 Å². The van der Waals surface area contributed by atoms with Crippen molar-refractivity contribution < 1.29 is 4.79 Å². The molecule has 0 saturated carbocycles. The molecule has 1 unspecified atom stereocenters. The minimum atomic E-state index is -0.0473. The van der Waals surface area contributed by atoms with Crippen LogP contribution >= 0.6 is 12.4 Å². The number of nitrogens with one attached hydrogen (secondary N) is 1. The maximum atomic E-state index is 12.4. The van der Waals surface area contributed by atoms with E-state index in [4.69, 9.17) is 0 Å². The number of nitrogens with zero attached hydrogens (tertiary/aromatic N) is 1. The first kappa shape index (κ1) is 16.5. The lowest BCUT2D eigenvalue weighted by molar-refractivity contribution is -0.118. The van der Waals surface area contributed by atoms with Crippen LogP contribution in [-0.2, 0) is 11.2 Å². The Balaban J connectivity index is 0.00000176. The van der Waals surface area contributed by atoms with Gasteiger partial charge in [0.25, 0.3) is 0 Å². The van der Waals surface area contributed by atoms with Crippen molar-refractivity contribution in [1.82, 2.24) is 5.32 Å². The molecule has 1 aliphatic rings. The number of amides is 1. The maximum absolute atomic E-state index is 12.4. The van der Waals surface area contributed by atoms with Crippen LogP contribution in [0.1, 0.15) is 12.0 Å². The molecule has 1 heterocycles. The van der Waals surface area contributed by atoms with Gasteiger partial charge in [-0.05, 0) is 37.1 Å². The average Bonchev–Trinajstić information content (AvgIpc) is 2.90. The summed E-state index contributed by atoms with van der Waals surface area (Å²) in [6.45, 7) is 1.63. The molecule has 1 N–H and O–H groups in total. The Bertz CT molecular complexity index is 589. The minimum absolute atomic E-state index is 0. The van der Waals surface area contributed by atoms with Gasteiger partial charge in [-0.1, -0.05) is 48.5 Å². The van der Waals surface area contributed by atoms with Crippen molar-refractivity contribution in [2.24, 2.45) is 0 Å². The smallest absolute Gasteiger partial charge is 0.244 e. The van der Waals surface area contributed by atoms with Crippen LogP contribution in [0.2, 0.25) is 0 Å². The molecule has 22 heavy (non-hydrogen) atoms. The van der Waals surface area contributed by atoms with Crippen LogP contribution in [0.15, 0.2) is 60.7 Å². The number of benzene rings is 2. The van der Waals surface area contributed by atoms with Crippen molar-refractivity contribution >= 4 is 24.0 Å². The summed E-state index contributed by atoms with van der Waals surface area (Å²) < 4.78 is 0. The predicted molar refractivity (Wildman–Crippen MR) is 92.6 cm³/mol. The molecule has 3 nitrogen and oxygen atoms in total. The Kier molecular flexibility index (Phi) is 5.99. The number of rotatable bonds is 5. The Morgan fingerprint density at radius 2 is 1.64 bits per heavy atom. The van der Waals surface area contributed by atoms with E-state index in [0.717, 1.165) is 31.6 Å². The molecule has 1 saturated heterocycles. The lowest BCUT2D eigenvalue weighted by atomic mass is 10.1. The standard InChI is InChI=1S/C18H20N2O.ClH/c21-18-17(19-13-11-15-7-3-1-4-8-15)12-14-20(18)16-9-5-2-6-10-16;/h1-10,17,19H,11-14H2;1H. The highest BCUT2D eigenvalue weighted by molar-refractivity contribution is 5.99. The van der Waals surface area contributed by atoms with Crippen molar-refractivity contribution in [3.63, 3.8) is 0 Å². The fourth-order valence-corrected chi connectivity index (χ4v) is 2.77. The third-order valence-corrected chi connectivity index (χ3v) is 3.92. The number of para-hydroxylation sites is 1. The molecule has 1 amide bonds. The molecule has 0 spiro atoms. The van der Waals surface area contributed by atoms with Crippen LogP contribution in [0, 0.1) is 0 Å². The molecule has 1 aliphatic heterocycles. The van der Waals surface area contributed by atoms with Gasteiger partial charge in [-0.15, -0.1) is 12.4 Å². The molecule has 1 atom stereocenters. The number of halogens is 1. The van der Waals surface area contributed by atoms with Crippen LogP contribution in [0.3, 0.4) is 0 Å². The van der Waals surface area contributed by atoms with Crippen molar-refractivity contribution in [2.75, 3.05) is 18.0 Å². The van der Waals surface area contributed by atoms with Gasteiger partial charge in [0.05, 0.1) is 6.04 Å². The Labute approximate surface area is 137 Å². The van der Waals surface area contributed by atoms with E-state index in [1.165, 1.54) is 5.56 Å². The zero-order chi connectivity index (χ0) is 14.5. The zero-order valence-electron chi connectivity index (χ0n) is 12.4. The average molecular weight is 317 g/mol. The van der Waals surface area contributed by atoms with Gasteiger partial charge in [0.2, 0.25) is 5.91 Å². The summed E-state index contributed by atoms with van der Waals surface area (Å²) in [4.78, 5) is 14.3. The van der Waals surface area contributed by atoms with E-state index < -0.39 is 0 Å². The summed E-state index contributed by atoms with van der Waals surface area (Å²) >= 11 is 0. The van der Waals surface area contributed by atoms with E-state index in [9.17, 15) is 4.79 Å². The van der Waals surface area contributed by atoms with E-state index in [0.29, 0.717) is 0 Å². The highest BCUT2D eigenvalue weighted by Crippen LogP contribution is 2.20. The van der Waals surface area contributed by atoms with Gasteiger partial charge in [-0.25, -0.2) is 0 Å². The quantitative estimate of drug-likeness (QED) is 0.919. The number of hydrogen-bond donors (Lipinski definition) is 1. The summed E-state index contributed by atoms with van der Waals surface area (Å²) in [7, 11) is 0. The first-order valence-corrected chi connectivity index (χ1v) is 7.48. The molecular weight excluding hydrogens is 296 g/mol. The summed E-state index contributed by atoms with van der Waals surface area (Å²) in [5.74, 6) is 0.189. The molecule has 0 bridgehead atoms. The molecule has 2 aromatic carbocycles. The van der Waals surface area contributed by atoms with Gasteiger partial charge in [-0.2, -0.15) is 0 Å². The number of anilines is 1. The first-order valence-electron chi connectivity index (χ1n) is 7.48. The highest BCUT2D eigenvalue weighted by Gasteiger charge is 2.31. The van der Waals surface area contributed by atoms with Crippen LogP contribution in [0.5, 0.6) is 0 Å². The molecule has 0 aliphatic carbocycles. The molecule has 3 rings (SSSR count). The Morgan fingerprint density at radius 3 is 2.32 bits per heavy atom. The van der Waals surface area contributed by atoms with Crippen LogP contribution in [-0.4, -0.2) is 25.0 Å². The number of carbonyl (C=O) groups excluding carboxylic acids is 1.